The minimum atomic E-state index is -0.582. The number of furan rings is 1. The van der Waals surface area contributed by atoms with Crippen LogP contribution in [-0.4, -0.2) is 5.78 Å². The summed E-state index contributed by atoms with van der Waals surface area (Å²) in [7, 11) is 0. The van der Waals surface area contributed by atoms with Gasteiger partial charge >= 0.3 is 0 Å². The molecule has 0 aliphatic heterocycles. The molecule has 0 amide bonds. The van der Waals surface area contributed by atoms with Crippen molar-refractivity contribution in [3.63, 3.8) is 0 Å². The summed E-state index contributed by atoms with van der Waals surface area (Å²) < 4.78 is 4.88. The molecule has 1 aromatic heterocycles. The summed E-state index contributed by atoms with van der Waals surface area (Å²) in [5.41, 5.74) is 0. The van der Waals surface area contributed by atoms with Crippen molar-refractivity contribution >= 4 is 11.9 Å². The van der Waals surface area contributed by atoms with E-state index in [1.165, 1.54) is 24.5 Å². The number of nitrogens with zero attached hydrogens (tertiary/aromatic N) is 1. The monoisotopic (exact) mass is 147 g/mol. The standard InChI is InChI=1S/C8H5NO2/c9-6-7(10)3-4-8-2-1-5-11-8/h1-5H. The molecule has 0 bridgehead atoms. The summed E-state index contributed by atoms with van der Waals surface area (Å²) in [5.74, 6) is -0.0185. The molecule has 0 unspecified atom stereocenters. The van der Waals surface area contributed by atoms with E-state index in [2.05, 4.69) is 0 Å². The van der Waals surface area contributed by atoms with E-state index in [1.807, 2.05) is 0 Å². The van der Waals surface area contributed by atoms with Crippen molar-refractivity contribution in [2.45, 2.75) is 0 Å². The average molecular weight is 147 g/mol. The lowest BCUT2D eigenvalue weighted by Gasteiger charge is -1.78. The Labute approximate surface area is 63.5 Å². The second-order valence-electron chi connectivity index (χ2n) is 1.82. The Kier molecular flexibility index (Phi) is 2.24. The summed E-state index contributed by atoms with van der Waals surface area (Å²) in [4.78, 5) is 10.4. The van der Waals surface area contributed by atoms with E-state index in [-0.39, 0.29) is 0 Å². The van der Waals surface area contributed by atoms with Crippen molar-refractivity contribution in [1.29, 1.82) is 5.26 Å². The highest BCUT2D eigenvalue weighted by atomic mass is 16.3. The Balaban J connectivity index is 2.64. The third-order valence-corrected chi connectivity index (χ3v) is 1.05. The Morgan fingerprint density at radius 1 is 1.73 bits per heavy atom. The molecular weight excluding hydrogens is 142 g/mol. The van der Waals surface area contributed by atoms with Gasteiger partial charge < -0.3 is 4.42 Å². The summed E-state index contributed by atoms with van der Waals surface area (Å²) in [6.45, 7) is 0. The minimum Gasteiger partial charge on any atom is -0.465 e. The van der Waals surface area contributed by atoms with E-state index >= 15 is 0 Å². The van der Waals surface area contributed by atoms with Gasteiger partial charge in [0.25, 0.3) is 5.78 Å². The van der Waals surface area contributed by atoms with Gasteiger partial charge in [0.05, 0.1) is 6.26 Å². The van der Waals surface area contributed by atoms with Crippen molar-refractivity contribution in [1.82, 2.24) is 0 Å². The third-order valence-electron chi connectivity index (χ3n) is 1.05. The fourth-order valence-electron chi connectivity index (χ4n) is 0.581. The predicted molar refractivity (Wildman–Crippen MR) is 38.4 cm³/mol. The van der Waals surface area contributed by atoms with Crippen LogP contribution in [0.4, 0.5) is 0 Å². The number of hydrogen-bond donors (Lipinski definition) is 0. The smallest absolute Gasteiger partial charge is 0.255 e. The van der Waals surface area contributed by atoms with Gasteiger partial charge in [0.2, 0.25) is 0 Å². The Hall–Kier alpha value is -1.82. The number of carbonyl (C=O) groups excluding carboxylic acids is 1. The molecule has 0 aliphatic carbocycles. The molecule has 0 saturated heterocycles. The van der Waals surface area contributed by atoms with E-state index in [4.69, 9.17) is 9.68 Å². The van der Waals surface area contributed by atoms with Crippen LogP contribution in [0, 0.1) is 11.3 Å². The molecule has 0 saturated carbocycles. The lowest BCUT2D eigenvalue weighted by molar-refractivity contribution is -0.109. The lowest BCUT2D eigenvalue weighted by atomic mass is 10.3. The second kappa shape index (κ2) is 3.37. The molecule has 11 heavy (non-hydrogen) atoms. The molecule has 0 aromatic carbocycles. The molecule has 1 aromatic rings. The highest BCUT2D eigenvalue weighted by molar-refractivity contribution is 6.04. The molecule has 0 fully saturated rings. The summed E-state index contributed by atoms with van der Waals surface area (Å²) in [6.07, 6.45) is 4.11. The summed E-state index contributed by atoms with van der Waals surface area (Å²) in [5, 5.41) is 8.08. The maximum absolute atomic E-state index is 10.4. The van der Waals surface area contributed by atoms with Gasteiger partial charge in [0.15, 0.2) is 0 Å². The van der Waals surface area contributed by atoms with Gasteiger partial charge in [-0.25, -0.2) is 0 Å². The number of ketones is 1. The van der Waals surface area contributed by atoms with Crippen LogP contribution < -0.4 is 0 Å². The average Bonchev–Trinajstić information content (AvgIpc) is 2.52. The van der Waals surface area contributed by atoms with Gasteiger partial charge in [0.1, 0.15) is 11.8 Å². The normalized spacial score (nSPS) is 9.73. The highest BCUT2D eigenvalue weighted by Gasteiger charge is 1.91. The van der Waals surface area contributed by atoms with Crippen LogP contribution in [0.25, 0.3) is 6.08 Å². The van der Waals surface area contributed by atoms with Crippen LogP contribution in [0.3, 0.4) is 0 Å². The molecule has 3 heteroatoms. The first-order valence-electron chi connectivity index (χ1n) is 2.98. The number of hydrogen-bond acceptors (Lipinski definition) is 3. The van der Waals surface area contributed by atoms with E-state index < -0.39 is 5.78 Å². The van der Waals surface area contributed by atoms with Crippen LogP contribution >= 0.6 is 0 Å². The first-order chi connectivity index (χ1) is 5.33. The van der Waals surface area contributed by atoms with Crippen LogP contribution in [0.5, 0.6) is 0 Å². The largest absolute Gasteiger partial charge is 0.465 e. The van der Waals surface area contributed by atoms with Gasteiger partial charge in [-0.2, -0.15) is 5.26 Å². The zero-order chi connectivity index (χ0) is 8.10. The van der Waals surface area contributed by atoms with Gasteiger partial charge in [-0.1, -0.05) is 0 Å². The highest BCUT2D eigenvalue weighted by Crippen LogP contribution is 2.01. The fraction of sp³-hybridized carbons (Fsp3) is 0. The van der Waals surface area contributed by atoms with Crippen molar-refractivity contribution in [2.24, 2.45) is 0 Å². The molecule has 54 valence electrons. The van der Waals surface area contributed by atoms with Crippen molar-refractivity contribution in [3.8, 4) is 6.07 Å². The molecule has 0 radical (unpaired) electrons. The Morgan fingerprint density at radius 3 is 3.09 bits per heavy atom. The van der Waals surface area contributed by atoms with E-state index in [0.29, 0.717) is 5.76 Å². The Bertz CT molecular complexity index is 303. The van der Waals surface area contributed by atoms with Crippen molar-refractivity contribution < 1.29 is 9.21 Å². The first kappa shape index (κ1) is 7.29. The lowest BCUT2D eigenvalue weighted by Crippen LogP contribution is -1.82. The quantitative estimate of drug-likeness (QED) is 0.469. The maximum atomic E-state index is 10.4. The zero-order valence-electron chi connectivity index (χ0n) is 5.65. The SMILES string of the molecule is N#CC(=O)C=Cc1ccco1. The summed E-state index contributed by atoms with van der Waals surface area (Å²) in [6, 6.07) is 4.86. The summed E-state index contributed by atoms with van der Waals surface area (Å²) >= 11 is 0. The van der Waals surface area contributed by atoms with Gasteiger partial charge in [-0.15, -0.1) is 0 Å². The molecule has 1 heterocycles. The fourth-order valence-corrected chi connectivity index (χ4v) is 0.581. The van der Waals surface area contributed by atoms with Crippen molar-refractivity contribution in [2.75, 3.05) is 0 Å². The van der Waals surface area contributed by atoms with E-state index in [9.17, 15) is 4.79 Å². The first-order valence-corrected chi connectivity index (χ1v) is 2.98. The third kappa shape index (κ3) is 2.11. The molecule has 0 aliphatic rings. The zero-order valence-corrected chi connectivity index (χ0v) is 5.65. The molecule has 1 rings (SSSR count). The number of rotatable bonds is 2. The predicted octanol–water partition coefficient (Wildman–Crippen LogP) is 1.39. The van der Waals surface area contributed by atoms with Gasteiger partial charge in [-0.05, 0) is 18.2 Å². The van der Waals surface area contributed by atoms with Crippen LogP contribution in [0.1, 0.15) is 5.76 Å². The topological polar surface area (TPSA) is 54.0 Å². The number of allylic oxidation sites excluding steroid dienone is 1. The van der Waals surface area contributed by atoms with Crippen LogP contribution in [0.2, 0.25) is 0 Å². The molecule has 3 nitrogen and oxygen atoms in total. The van der Waals surface area contributed by atoms with E-state index in [0.717, 1.165) is 0 Å². The Morgan fingerprint density at radius 2 is 2.55 bits per heavy atom. The molecule has 0 atom stereocenters. The number of carbonyl (C=O) groups is 1. The van der Waals surface area contributed by atoms with Crippen molar-refractivity contribution in [3.05, 3.63) is 30.2 Å². The minimum absolute atomic E-state index is 0.564. The molecule has 0 spiro atoms. The van der Waals surface area contributed by atoms with Crippen LogP contribution in [-0.2, 0) is 4.79 Å². The van der Waals surface area contributed by atoms with Gasteiger partial charge in [-0.3, -0.25) is 4.79 Å². The van der Waals surface area contributed by atoms with E-state index in [1.54, 1.807) is 12.1 Å². The van der Waals surface area contributed by atoms with Crippen LogP contribution in [0.15, 0.2) is 28.9 Å². The molecule has 0 N–H and O–H groups in total. The van der Waals surface area contributed by atoms with Gasteiger partial charge in [0, 0.05) is 6.08 Å². The second-order valence-corrected chi connectivity index (χ2v) is 1.82. The molecular formula is C8H5NO2. The number of nitriles is 1. The maximum Gasteiger partial charge on any atom is 0.255 e.